The zero-order chi connectivity index (χ0) is 25.4. The summed E-state index contributed by atoms with van der Waals surface area (Å²) < 4.78 is 13.7. The number of hydrogen-bond acceptors (Lipinski definition) is 6. The van der Waals surface area contributed by atoms with Crippen molar-refractivity contribution in [2.45, 2.75) is 52.6 Å². The molecule has 4 aromatic rings. The Bertz CT molecular complexity index is 1340. The molecule has 0 aliphatic carbocycles. The lowest BCUT2D eigenvalue weighted by molar-refractivity contribution is 0.0598. The number of anilines is 2. The van der Waals surface area contributed by atoms with Crippen molar-refractivity contribution in [3.05, 3.63) is 70.8 Å². The molecule has 0 radical (unpaired) electrons. The number of para-hydroxylation sites is 2. The summed E-state index contributed by atoms with van der Waals surface area (Å²) in [6, 6.07) is 19.1. The van der Waals surface area contributed by atoms with Crippen molar-refractivity contribution in [3.63, 3.8) is 0 Å². The molecule has 0 aliphatic heterocycles. The first-order chi connectivity index (χ1) is 16.4. The fourth-order valence-corrected chi connectivity index (χ4v) is 4.74. The highest BCUT2D eigenvalue weighted by Crippen LogP contribution is 2.42. The minimum absolute atomic E-state index is 0.152. The van der Waals surface area contributed by atoms with Crippen LogP contribution in [0.5, 0.6) is 11.6 Å². The van der Waals surface area contributed by atoms with Crippen molar-refractivity contribution in [2.75, 3.05) is 4.90 Å². The van der Waals surface area contributed by atoms with Crippen LogP contribution in [0.25, 0.3) is 10.2 Å². The zero-order valence-electron chi connectivity index (χ0n) is 20.6. The number of thiazole rings is 1. The third-order valence-corrected chi connectivity index (χ3v) is 6.46. The second-order valence-corrected chi connectivity index (χ2v) is 11.9. The van der Waals surface area contributed by atoms with Crippen LogP contribution in [0.4, 0.5) is 15.6 Å². The Morgan fingerprint density at radius 1 is 0.914 bits per heavy atom. The van der Waals surface area contributed by atoms with Gasteiger partial charge in [0.25, 0.3) is 0 Å². The van der Waals surface area contributed by atoms with E-state index >= 15 is 0 Å². The van der Waals surface area contributed by atoms with Gasteiger partial charge in [-0.15, -0.1) is 0 Å². The maximum absolute atomic E-state index is 13.5. The molecule has 0 aliphatic rings. The highest BCUT2D eigenvalue weighted by Gasteiger charge is 2.31. The van der Waals surface area contributed by atoms with Crippen molar-refractivity contribution in [3.8, 4) is 11.6 Å². The first-order valence-corrected chi connectivity index (χ1v) is 12.9. The van der Waals surface area contributed by atoms with E-state index in [9.17, 15) is 4.79 Å². The lowest BCUT2D eigenvalue weighted by Gasteiger charge is -2.27. The number of hydrogen-bond donors (Lipinski definition) is 0. The van der Waals surface area contributed by atoms with E-state index in [1.54, 1.807) is 12.1 Å². The molecule has 35 heavy (non-hydrogen) atoms. The molecule has 0 fully saturated rings. The summed E-state index contributed by atoms with van der Waals surface area (Å²) in [7, 11) is 0. The van der Waals surface area contributed by atoms with E-state index in [0.717, 1.165) is 15.8 Å². The van der Waals surface area contributed by atoms with Crippen LogP contribution in [0, 0.1) is 0 Å². The summed E-state index contributed by atoms with van der Waals surface area (Å²) >= 11 is 4.85. The Balaban J connectivity index is 1.87. The number of benzene rings is 2. The third-order valence-electron chi connectivity index (χ3n) is 5.00. The molecule has 0 spiro atoms. The Hall–Kier alpha value is -2.97. The molecular weight excluding hydrogens is 526 g/mol. The smallest absolute Gasteiger partial charge is 0.421 e. The third kappa shape index (κ3) is 5.82. The van der Waals surface area contributed by atoms with Gasteiger partial charge >= 0.3 is 6.09 Å². The molecule has 0 saturated carbocycles. The van der Waals surface area contributed by atoms with E-state index in [4.69, 9.17) is 14.5 Å². The van der Waals surface area contributed by atoms with Crippen LogP contribution in [0.2, 0.25) is 0 Å². The Morgan fingerprint density at radius 3 is 2.29 bits per heavy atom. The number of halogens is 1. The molecule has 4 rings (SSSR count). The minimum atomic E-state index is -0.700. The van der Waals surface area contributed by atoms with E-state index in [-0.39, 0.29) is 11.3 Å². The van der Waals surface area contributed by atoms with Crippen LogP contribution < -0.4 is 9.64 Å². The fraction of sp³-hybridized carbons (Fsp3) is 0.296. The number of aromatic nitrogens is 2. The van der Waals surface area contributed by atoms with Crippen molar-refractivity contribution in [1.82, 2.24) is 9.97 Å². The van der Waals surface area contributed by atoms with Gasteiger partial charge in [0.2, 0.25) is 11.0 Å². The molecule has 6 nitrogen and oxygen atoms in total. The first kappa shape index (κ1) is 25.1. The highest BCUT2D eigenvalue weighted by molar-refractivity contribution is 9.10. The number of nitrogens with zero attached hydrogens (tertiary/aromatic N) is 3. The topological polar surface area (TPSA) is 64.5 Å². The van der Waals surface area contributed by atoms with Gasteiger partial charge in [0.05, 0.1) is 10.2 Å². The number of rotatable bonds is 4. The van der Waals surface area contributed by atoms with E-state index < -0.39 is 11.7 Å². The van der Waals surface area contributed by atoms with Crippen LogP contribution in [-0.2, 0) is 10.2 Å². The van der Waals surface area contributed by atoms with Gasteiger partial charge in [0, 0.05) is 5.56 Å². The summed E-state index contributed by atoms with van der Waals surface area (Å²) in [5.74, 6) is 0.932. The summed E-state index contributed by atoms with van der Waals surface area (Å²) in [6.07, 6.45) is -0.561. The summed E-state index contributed by atoms with van der Waals surface area (Å²) in [6.45, 7) is 11.9. The highest BCUT2D eigenvalue weighted by atomic mass is 79.9. The largest absolute Gasteiger partial charge is 0.443 e. The average molecular weight is 555 g/mol. The van der Waals surface area contributed by atoms with Gasteiger partial charge in [-0.05, 0) is 72.4 Å². The molecule has 0 saturated heterocycles. The van der Waals surface area contributed by atoms with Gasteiger partial charge in [-0.2, -0.15) is 0 Å². The fourth-order valence-electron chi connectivity index (χ4n) is 3.48. The molecule has 2 aromatic heterocycles. The van der Waals surface area contributed by atoms with Crippen LogP contribution in [0.3, 0.4) is 0 Å². The number of amides is 1. The molecule has 8 heteroatoms. The second kappa shape index (κ2) is 9.59. The summed E-state index contributed by atoms with van der Waals surface area (Å²) in [5, 5.41) is 0.471. The van der Waals surface area contributed by atoms with Crippen molar-refractivity contribution in [1.29, 1.82) is 0 Å². The lowest BCUT2D eigenvalue weighted by Crippen LogP contribution is -2.34. The normalized spacial score (nSPS) is 12.0. The predicted molar refractivity (Wildman–Crippen MR) is 145 cm³/mol. The first-order valence-electron chi connectivity index (χ1n) is 11.2. The van der Waals surface area contributed by atoms with Crippen LogP contribution in [-0.4, -0.2) is 21.7 Å². The van der Waals surface area contributed by atoms with Crippen LogP contribution in [0.1, 0.15) is 47.1 Å². The van der Waals surface area contributed by atoms with Gasteiger partial charge in [0.1, 0.15) is 21.6 Å². The van der Waals surface area contributed by atoms with Gasteiger partial charge in [-0.1, -0.05) is 62.4 Å². The quantitative estimate of drug-likeness (QED) is 0.236. The number of fused-ring (bicyclic) bond motifs is 1. The van der Waals surface area contributed by atoms with Crippen molar-refractivity contribution >= 4 is 54.4 Å². The molecule has 0 N–H and O–H groups in total. The van der Waals surface area contributed by atoms with E-state index in [1.807, 2.05) is 69.3 Å². The zero-order valence-corrected chi connectivity index (χ0v) is 23.0. The van der Waals surface area contributed by atoms with Crippen molar-refractivity contribution < 1.29 is 14.3 Å². The molecule has 0 bridgehead atoms. The van der Waals surface area contributed by atoms with E-state index in [0.29, 0.717) is 21.2 Å². The Morgan fingerprint density at radius 2 is 1.60 bits per heavy atom. The second-order valence-electron chi connectivity index (χ2n) is 10.1. The minimum Gasteiger partial charge on any atom is -0.443 e. The van der Waals surface area contributed by atoms with Crippen LogP contribution in [0.15, 0.2) is 65.3 Å². The molecular formula is C27H28BrN3O3S. The molecule has 2 heterocycles. The number of carbonyl (C=O) groups excluding carboxylic acids is 1. The molecule has 0 unspecified atom stereocenters. The molecule has 182 valence electrons. The SMILES string of the molecule is CC(C)(C)OC(=O)N(c1nc2ccccc2s1)c1ccc(Br)nc1Oc1ccccc1C(C)(C)C. The van der Waals surface area contributed by atoms with Gasteiger partial charge < -0.3 is 9.47 Å². The molecule has 2 aromatic carbocycles. The number of carbonyl (C=O) groups is 1. The maximum Gasteiger partial charge on any atom is 0.421 e. The Kier molecular flexibility index (Phi) is 6.88. The van der Waals surface area contributed by atoms with Crippen molar-refractivity contribution in [2.24, 2.45) is 0 Å². The predicted octanol–water partition coefficient (Wildman–Crippen LogP) is 8.62. The van der Waals surface area contributed by atoms with Gasteiger partial charge in [0.15, 0.2) is 0 Å². The number of pyridine rings is 1. The standard InChI is InChI=1S/C27H28BrN3O3S/c1-26(2,3)17-11-7-9-13-20(17)33-23-19(15-16-22(28)30-23)31(25(32)34-27(4,5)6)24-29-18-12-8-10-14-21(18)35-24/h7-16H,1-6H3. The van der Waals surface area contributed by atoms with E-state index in [1.165, 1.54) is 16.2 Å². The summed E-state index contributed by atoms with van der Waals surface area (Å²) in [4.78, 5) is 24.3. The number of ether oxygens (including phenoxy) is 2. The lowest BCUT2D eigenvalue weighted by atomic mass is 9.86. The van der Waals surface area contributed by atoms with Crippen LogP contribution >= 0.6 is 27.3 Å². The maximum atomic E-state index is 13.5. The molecule has 1 amide bonds. The summed E-state index contributed by atoms with van der Waals surface area (Å²) in [5.41, 5.74) is 1.41. The average Bonchev–Trinajstić information content (AvgIpc) is 3.17. The van der Waals surface area contributed by atoms with Gasteiger partial charge in [-0.25, -0.2) is 19.7 Å². The Labute approximate surface area is 218 Å². The molecule has 0 atom stereocenters. The monoisotopic (exact) mass is 553 g/mol. The van der Waals surface area contributed by atoms with Gasteiger partial charge in [-0.3, -0.25) is 0 Å². The van der Waals surface area contributed by atoms with E-state index in [2.05, 4.69) is 41.7 Å².